The summed E-state index contributed by atoms with van der Waals surface area (Å²) in [5.41, 5.74) is 8.57. The zero-order valence-corrected chi connectivity index (χ0v) is 19.5. The van der Waals surface area contributed by atoms with Crippen molar-refractivity contribution in [1.82, 2.24) is 14.9 Å². The molecule has 2 aliphatic heterocycles. The third kappa shape index (κ3) is 5.19. The molecule has 10 heteroatoms. The van der Waals surface area contributed by atoms with E-state index in [1.165, 1.54) is 6.07 Å². The highest BCUT2D eigenvalue weighted by molar-refractivity contribution is 5.77. The minimum Gasteiger partial charge on any atom is -0.397 e. The van der Waals surface area contributed by atoms with Crippen LogP contribution in [0.3, 0.4) is 0 Å². The number of aromatic nitrogens is 2. The molecule has 33 heavy (non-hydrogen) atoms. The van der Waals surface area contributed by atoms with Gasteiger partial charge in [-0.1, -0.05) is 0 Å². The van der Waals surface area contributed by atoms with Gasteiger partial charge in [-0.05, 0) is 19.2 Å². The second-order valence-corrected chi connectivity index (χ2v) is 8.48. The number of ether oxygens (including phenoxy) is 3. The van der Waals surface area contributed by atoms with Crippen LogP contribution >= 0.6 is 0 Å². The van der Waals surface area contributed by atoms with Crippen LogP contribution in [0.15, 0.2) is 24.5 Å². The summed E-state index contributed by atoms with van der Waals surface area (Å²) in [6.45, 7) is 5.56. The molecule has 9 nitrogen and oxygen atoms in total. The average molecular weight is 461 g/mol. The SMILES string of the molecule is COCCN(C)[C@@H]1CN(c2cc(F)c(-c3cnc(N4CCOCC4)nc3)cc2N)C[C@H]1OC. The van der Waals surface area contributed by atoms with Crippen molar-refractivity contribution in [2.75, 3.05) is 89.3 Å². The number of hydrogen-bond acceptors (Lipinski definition) is 9. The highest BCUT2D eigenvalue weighted by Crippen LogP contribution is 2.35. The van der Waals surface area contributed by atoms with E-state index in [2.05, 4.69) is 24.7 Å². The van der Waals surface area contributed by atoms with Crippen molar-refractivity contribution in [3.63, 3.8) is 0 Å². The van der Waals surface area contributed by atoms with Gasteiger partial charge in [-0.15, -0.1) is 0 Å². The standard InChI is InChI=1S/C23H33FN6O3/c1-28(4-7-31-2)21-14-30(15-22(21)32-3)20-11-18(24)17(10-19(20)25)16-12-26-23(27-13-16)29-5-8-33-9-6-29/h10-13,21-22H,4-9,14-15,25H2,1-3H3/t21-,22-/m1/s1. The minimum atomic E-state index is -0.355. The third-order valence-electron chi connectivity index (χ3n) is 6.45. The van der Waals surface area contributed by atoms with Crippen molar-refractivity contribution in [3.05, 3.63) is 30.3 Å². The molecular formula is C23H33FN6O3. The lowest BCUT2D eigenvalue weighted by molar-refractivity contribution is 0.0442. The van der Waals surface area contributed by atoms with Crippen LogP contribution in [0.2, 0.25) is 0 Å². The lowest BCUT2D eigenvalue weighted by atomic mass is 10.1. The van der Waals surface area contributed by atoms with Crippen LogP contribution in [0.1, 0.15) is 0 Å². The van der Waals surface area contributed by atoms with Crippen molar-refractivity contribution in [2.45, 2.75) is 12.1 Å². The van der Waals surface area contributed by atoms with Crippen molar-refractivity contribution in [2.24, 2.45) is 0 Å². The molecule has 0 bridgehead atoms. The van der Waals surface area contributed by atoms with E-state index in [-0.39, 0.29) is 18.0 Å². The van der Waals surface area contributed by atoms with Crippen molar-refractivity contribution < 1.29 is 18.6 Å². The number of hydrogen-bond donors (Lipinski definition) is 1. The summed E-state index contributed by atoms with van der Waals surface area (Å²) in [6.07, 6.45) is 3.29. The Balaban J connectivity index is 1.51. The molecule has 2 aromatic rings. The molecule has 0 radical (unpaired) electrons. The maximum Gasteiger partial charge on any atom is 0.225 e. The Labute approximate surface area is 194 Å². The van der Waals surface area contributed by atoms with Crippen LogP contribution in [0.4, 0.5) is 21.7 Å². The lowest BCUT2D eigenvalue weighted by Crippen LogP contribution is -2.43. The van der Waals surface area contributed by atoms with E-state index in [1.807, 2.05) is 7.05 Å². The van der Waals surface area contributed by atoms with Gasteiger partial charge in [0.2, 0.25) is 5.95 Å². The van der Waals surface area contributed by atoms with Gasteiger partial charge < -0.3 is 29.7 Å². The molecule has 0 aliphatic carbocycles. The Morgan fingerprint density at radius 1 is 1.15 bits per heavy atom. The van der Waals surface area contributed by atoms with Crippen LogP contribution in [0.25, 0.3) is 11.1 Å². The fourth-order valence-corrected chi connectivity index (χ4v) is 4.47. The molecule has 4 rings (SSSR count). The van der Waals surface area contributed by atoms with Crippen LogP contribution in [-0.4, -0.2) is 101 Å². The van der Waals surface area contributed by atoms with Crippen LogP contribution in [0, 0.1) is 5.82 Å². The zero-order valence-electron chi connectivity index (χ0n) is 19.5. The Hall–Kier alpha value is -2.53. The van der Waals surface area contributed by atoms with Crippen LogP contribution < -0.4 is 15.5 Å². The first-order valence-electron chi connectivity index (χ1n) is 11.2. The first-order valence-corrected chi connectivity index (χ1v) is 11.2. The summed E-state index contributed by atoms with van der Waals surface area (Å²) < 4.78 is 31.5. The number of nitrogen functional groups attached to an aromatic ring is 1. The number of nitrogens with zero attached hydrogens (tertiary/aromatic N) is 5. The maximum atomic E-state index is 15.2. The van der Waals surface area contributed by atoms with Gasteiger partial charge in [0, 0.05) is 70.5 Å². The second-order valence-electron chi connectivity index (χ2n) is 8.48. The molecule has 180 valence electrons. The largest absolute Gasteiger partial charge is 0.397 e. The van der Waals surface area contributed by atoms with Gasteiger partial charge in [0.15, 0.2) is 0 Å². The fraction of sp³-hybridized carbons (Fsp3) is 0.565. The molecule has 1 aromatic heterocycles. The molecular weight excluding hydrogens is 427 g/mol. The number of halogens is 1. The predicted molar refractivity (Wildman–Crippen MR) is 126 cm³/mol. The van der Waals surface area contributed by atoms with Crippen molar-refractivity contribution in [3.8, 4) is 11.1 Å². The summed E-state index contributed by atoms with van der Waals surface area (Å²) in [5, 5.41) is 0. The van der Waals surface area contributed by atoms with Crippen molar-refractivity contribution >= 4 is 17.3 Å². The Bertz CT molecular complexity index is 925. The quantitative estimate of drug-likeness (QED) is 0.589. The average Bonchev–Trinajstić information content (AvgIpc) is 3.29. The van der Waals surface area contributed by atoms with Crippen molar-refractivity contribution in [1.29, 1.82) is 0 Å². The minimum absolute atomic E-state index is 0.00451. The molecule has 2 atom stereocenters. The number of nitrogens with two attached hydrogens (primary N) is 1. The van der Waals surface area contributed by atoms with E-state index in [1.54, 1.807) is 32.7 Å². The summed E-state index contributed by atoms with van der Waals surface area (Å²) in [6, 6.07) is 3.33. The van der Waals surface area contributed by atoms with E-state index in [4.69, 9.17) is 19.9 Å². The number of likely N-dealkylation sites (N-methyl/N-ethyl adjacent to an activating group) is 1. The number of morpholine rings is 1. The van der Waals surface area contributed by atoms with Gasteiger partial charge in [0.1, 0.15) is 5.82 Å². The van der Waals surface area contributed by atoms with Gasteiger partial charge in [0.25, 0.3) is 0 Å². The molecule has 2 saturated heterocycles. The van der Waals surface area contributed by atoms with E-state index in [0.29, 0.717) is 61.4 Å². The maximum absolute atomic E-state index is 15.2. The molecule has 2 aliphatic rings. The number of benzene rings is 1. The van der Waals surface area contributed by atoms with E-state index in [9.17, 15) is 0 Å². The molecule has 0 unspecified atom stereocenters. The molecule has 3 heterocycles. The molecule has 2 fully saturated rings. The smallest absolute Gasteiger partial charge is 0.225 e. The summed E-state index contributed by atoms with van der Waals surface area (Å²) in [5.74, 6) is 0.269. The van der Waals surface area contributed by atoms with Gasteiger partial charge >= 0.3 is 0 Å². The molecule has 0 amide bonds. The van der Waals surface area contributed by atoms with E-state index >= 15 is 4.39 Å². The highest BCUT2D eigenvalue weighted by atomic mass is 19.1. The first kappa shape index (κ1) is 23.6. The zero-order chi connectivity index (χ0) is 23.4. The summed E-state index contributed by atoms with van der Waals surface area (Å²) >= 11 is 0. The number of rotatable bonds is 8. The third-order valence-corrected chi connectivity index (χ3v) is 6.45. The van der Waals surface area contributed by atoms with Gasteiger partial charge in [0.05, 0.1) is 43.3 Å². The Morgan fingerprint density at radius 3 is 2.55 bits per heavy atom. The monoisotopic (exact) mass is 460 g/mol. The summed E-state index contributed by atoms with van der Waals surface area (Å²) in [4.78, 5) is 15.2. The normalized spacial score (nSPS) is 21.2. The molecule has 0 spiro atoms. The van der Waals surface area contributed by atoms with Crippen LogP contribution in [-0.2, 0) is 14.2 Å². The Morgan fingerprint density at radius 2 is 1.88 bits per heavy atom. The highest BCUT2D eigenvalue weighted by Gasteiger charge is 2.36. The first-order chi connectivity index (χ1) is 16.0. The second kappa shape index (κ2) is 10.6. The van der Waals surface area contributed by atoms with Crippen LogP contribution in [0.5, 0.6) is 0 Å². The van der Waals surface area contributed by atoms with Gasteiger partial charge in [-0.2, -0.15) is 0 Å². The van der Waals surface area contributed by atoms with E-state index in [0.717, 1.165) is 19.6 Å². The van der Waals surface area contributed by atoms with Gasteiger partial charge in [-0.25, -0.2) is 14.4 Å². The van der Waals surface area contributed by atoms with E-state index < -0.39 is 0 Å². The lowest BCUT2D eigenvalue weighted by Gasteiger charge is -2.27. The summed E-state index contributed by atoms with van der Waals surface area (Å²) in [7, 11) is 5.45. The number of methoxy groups -OCH3 is 2. The fourth-order valence-electron chi connectivity index (χ4n) is 4.47. The topological polar surface area (TPSA) is 89.2 Å². The van der Waals surface area contributed by atoms with Gasteiger partial charge in [-0.3, -0.25) is 4.90 Å². The number of anilines is 3. The molecule has 0 saturated carbocycles. The Kier molecular flexibility index (Phi) is 7.59. The predicted octanol–water partition coefficient (Wildman–Crippen LogP) is 1.48. The molecule has 1 aromatic carbocycles. The molecule has 2 N–H and O–H groups in total.